The van der Waals surface area contributed by atoms with E-state index >= 15 is 0 Å². The highest BCUT2D eigenvalue weighted by Crippen LogP contribution is 2.11. The molecule has 0 spiro atoms. The quantitative estimate of drug-likeness (QED) is 0.846. The van der Waals surface area contributed by atoms with Crippen LogP contribution in [0.1, 0.15) is 23.5 Å². The Morgan fingerprint density at radius 2 is 2.27 bits per heavy atom. The molecule has 1 aromatic heterocycles. The molecule has 0 bridgehead atoms. The van der Waals surface area contributed by atoms with Crippen molar-refractivity contribution in [2.75, 3.05) is 19.6 Å². The molecule has 1 aliphatic rings. The Balaban J connectivity index is 1.74. The number of rotatable bonds is 3. The fourth-order valence-electron chi connectivity index (χ4n) is 1.97. The highest BCUT2D eigenvalue weighted by molar-refractivity contribution is 7.09. The summed E-state index contributed by atoms with van der Waals surface area (Å²) in [6.45, 7) is 5.51. The van der Waals surface area contributed by atoms with E-state index in [0.29, 0.717) is 6.04 Å². The van der Waals surface area contributed by atoms with Gasteiger partial charge >= 0.3 is 0 Å². The molecule has 15 heavy (non-hydrogen) atoms. The number of nitrogens with two attached hydrogens (primary N) is 1. The van der Waals surface area contributed by atoms with E-state index in [4.69, 9.17) is 5.73 Å². The number of aryl methyl sites for hydroxylation is 1. The van der Waals surface area contributed by atoms with Crippen LogP contribution in [0, 0.1) is 6.92 Å². The summed E-state index contributed by atoms with van der Waals surface area (Å²) in [4.78, 5) is 6.98. The molecule has 0 amide bonds. The summed E-state index contributed by atoms with van der Waals surface area (Å²) in [5, 5.41) is 3.34. The lowest BCUT2D eigenvalue weighted by Gasteiger charge is -2.29. The number of likely N-dealkylation sites (tertiary alicyclic amines) is 1. The van der Waals surface area contributed by atoms with Crippen molar-refractivity contribution in [1.82, 2.24) is 9.88 Å². The number of thiazole rings is 1. The number of hydrogen-bond acceptors (Lipinski definition) is 4. The van der Waals surface area contributed by atoms with Gasteiger partial charge in [-0.05, 0) is 32.9 Å². The van der Waals surface area contributed by atoms with Crippen molar-refractivity contribution < 1.29 is 0 Å². The molecule has 3 nitrogen and oxygen atoms in total. The van der Waals surface area contributed by atoms with Gasteiger partial charge in [-0.2, -0.15) is 0 Å². The number of nitrogens with zero attached hydrogens (tertiary/aromatic N) is 2. The van der Waals surface area contributed by atoms with E-state index in [2.05, 4.69) is 22.2 Å². The standard InChI is InChI=1S/C11H19N3S/c1-9-13-11(8-15-9)4-7-14-5-2-10(12)3-6-14/h8,10H,2-7,12H2,1H3. The summed E-state index contributed by atoms with van der Waals surface area (Å²) in [5.41, 5.74) is 7.11. The van der Waals surface area contributed by atoms with E-state index in [0.717, 1.165) is 38.9 Å². The second kappa shape index (κ2) is 5.05. The van der Waals surface area contributed by atoms with Crippen LogP contribution in [0.25, 0.3) is 0 Å². The van der Waals surface area contributed by atoms with Gasteiger partial charge in [0.05, 0.1) is 10.7 Å². The Hall–Kier alpha value is -0.450. The van der Waals surface area contributed by atoms with Crippen molar-refractivity contribution in [3.8, 4) is 0 Å². The Labute approximate surface area is 95.3 Å². The number of aromatic nitrogens is 1. The van der Waals surface area contributed by atoms with Gasteiger partial charge in [0, 0.05) is 24.4 Å². The first-order chi connectivity index (χ1) is 7.24. The number of piperidine rings is 1. The molecule has 0 aromatic carbocycles. The van der Waals surface area contributed by atoms with E-state index in [1.165, 1.54) is 10.7 Å². The zero-order chi connectivity index (χ0) is 10.7. The first-order valence-corrected chi connectivity index (χ1v) is 6.51. The predicted molar refractivity (Wildman–Crippen MR) is 64.2 cm³/mol. The molecule has 1 saturated heterocycles. The monoisotopic (exact) mass is 225 g/mol. The third-order valence-corrected chi connectivity index (χ3v) is 3.81. The van der Waals surface area contributed by atoms with Crippen LogP contribution in [0.5, 0.6) is 0 Å². The molecule has 1 aromatic rings. The summed E-state index contributed by atoms with van der Waals surface area (Å²) in [6, 6.07) is 0.433. The first-order valence-electron chi connectivity index (χ1n) is 5.63. The summed E-state index contributed by atoms with van der Waals surface area (Å²) in [7, 11) is 0. The normalized spacial score (nSPS) is 19.6. The SMILES string of the molecule is Cc1nc(CCN2CCC(N)CC2)cs1. The maximum absolute atomic E-state index is 5.87. The topological polar surface area (TPSA) is 42.2 Å². The zero-order valence-corrected chi connectivity index (χ0v) is 10.1. The summed E-state index contributed by atoms with van der Waals surface area (Å²) in [5.74, 6) is 0. The van der Waals surface area contributed by atoms with Crippen LogP contribution in [0.2, 0.25) is 0 Å². The molecule has 0 unspecified atom stereocenters. The molecule has 2 rings (SSSR count). The fraction of sp³-hybridized carbons (Fsp3) is 0.727. The van der Waals surface area contributed by atoms with E-state index in [1.807, 2.05) is 0 Å². The third-order valence-electron chi connectivity index (χ3n) is 2.98. The molecule has 0 atom stereocenters. The second-order valence-corrected chi connectivity index (χ2v) is 5.35. The van der Waals surface area contributed by atoms with E-state index in [1.54, 1.807) is 11.3 Å². The van der Waals surface area contributed by atoms with Crippen molar-refractivity contribution in [1.29, 1.82) is 0 Å². The minimum atomic E-state index is 0.433. The average Bonchev–Trinajstić information content (AvgIpc) is 2.64. The van der Waals surface area contributed by atoms with Crippen LogP contribution in [-0.2, 0) is 6.42 Å². The van der Waals surface area contributed by atoms with E-state index in [-0.39, 0.29) is 0 Å². The Morgan fingerprint density at radius 3 is 2.87 bits per heavy atom. The average molecular weight is 225 g/mol. The summed E-state index contributed by atoms with van der Waals surface area (Å²) >= 11 is 1.74. The Morgan fingerprint density at radius 1 is 1.53 bits per heavy atom. The van der Waals surface area contributed by atoms with Gasteiger partial charge in [0.1, 0.15) is 0 Å². The summed E-state index contributed by atoms with van der Waals surface area (Å²) in [6.07, 6.45) is 3.38. The molecular formula is C11H19N3S. The molecule has 2 heterocycles. The van der Waals surface area contributed by atoms with Gasteiger partial charge in [0.25, 0.3) is 0 Å². The third kappa shape index (κ3) is 3.26. The lowest BCUT2D eigenvalue weighted by Crippen LogP contribution is -2.40. The lowest BCUT2D eigenvalue weighted by atomic mass is 10.1. The number of hydrogen-bond donors (Lipinski definition) is 1. The molecule has 1 aliphatic heterocycles. The van der Waals surface area contributed by atoms with Crippen molar-refractivity contribution in [2.45, 2.75) is 32.2 Å². The fourth-order valence-corrected chi connectivity index (χ4v) is 2.62. The highest BCUT2D eigenvalue weighted by atomic mass is 32.1. The largest absolute Gasteiger partial charge is 0.328 e. The molecule has 4 heteroatoms. The molecule has 0 aliphatic carbocycles. The lowest BCUT2D eigenvalue weighted by molar-refractivity contribution is 0.215. The van der Waals surface area contributed by atoms with Crippen LogP contribution in [0.4, 0.5) is 0 Å². The Bertz CT molecular complexity index is 303. The summed E-state index contributed by atoms with van der Waals surface area (Å²) < 4.78 is 0. The van der Waals surface area contributed by atoms with Crippen LogP contribution < -0.4 is 5.73 Å². The Kier molecular flexibility index (Phi) is 3.72. The van der Waals surface area contributed by atoms with Crippen molar-refractivity contribution in [2.24, 2.45) is 5.73 Å². The smallest absolute Gasteiger partial charge is 0.0897 e. The van der Waals surface area contributed by atoms with Gasteiger partial charge in [-0.3, -0.25) is 0 Å². The second-order valence-electron chi connectivity index (χ2n) is 4.29. The molecule has 84 valence electrons. The molecule has 2 N–H and O–H groups in total. The van der Waals surface area contributed by atoms with Gasteiger partial charge in [-0.15, -0.1) is 11.3 Å². The van der Waals surface area contributed by atoms with E-state index < -0.39 is 0 Å². The van der Waals surface area contributed by atoms with Gasteiger partial charge in [0.2, 0.25) is 0 Å². The molecular weight excluding hydrogens is 206 g/mol. The minimum Gasteiger partial charge on any atom is -0.328 e. The molecule has 1 fully saturated rings. The van der Waals surface area contributed by atoms with Crippen molar-refractivity contribution in [3.05, 3.63) is 16.1 Å². The predicted octanol–water partition coefficient (Wildman–Crippen LogP) is 1.42. The maximum atomic E-state index is 5.87. The van der Waals surface area contributed by atoms with Crippen LogP contribution in [-0.4, -0.2) is 35.6 Å². The molecule has 0 saturated carbocycles. The van der Waals surface area contributed by atoms with Crippen LogP contribution >= 0.6 is 11.3 Å². The zero-order valence-electron chi connectivity index (χ0n) is 9.28. The van der Waals surface area contributed by atoms with Gasteiger partial charge < -0.3 is 10.6 Å². The minimum absolute atomic E-state index is 0.433. The van der Waals surface area contributed by atoms with Gasteiger partial charge in [-0.1, -0.05) is 0 Å². The van der Waals surface area contributed by atoms with E-state index in [9.17, 15) is 0 Å². The van der Waals surface area contributed by atoms with Crippen LogP contribution in [0.3, 0.4) is 0 Å². The highest BCUT2D eigenvalue weighted by Gasteiger charge is 2.15. The molecule has 0 radical (unpaired) electrons. The van der Waals surface area contributed by atoms with Crippen molar-refractivity contribution in [3.63, 3.8) is 0 Å². The maximum Gasteiger partial charge on any atom is 0.0897 e. The van der Waals surface area contributed by atoms with Crippen LogP contribution in [0.15, 0.2) is 5.38 Å². The van der Waals surface area contributed by atoms with Crippen molar-refractivity contribution >= 4 is 11.3 Å². The van der Waals surface area contributed by atoms with Gasteiger partial charge in [0.15, 0.2) is 0 Å². The first kappa shape index (κ1) is 11.0. The van der Waals surface area contributed by atoms with Gasteiger partial charge in [-0.25, -0.2) is 4.98 Å².